The van der Waals surface area contributed by atoms with Gasteiger partial charge in [-0.25, -0.2) is 4.39 Å². The number of aliphatic hydroxyl groups is 1. The summed E-state index contributed by atoms with van der Waals surface area (Å²) >= 11 is 11.1. The number of rotatable bonds is 1. The monoisotopic (exact) mass is 194 g/mol. The summed E-state index contributed by atoms with van der Waals surface area (Å²) in [5.74, 6) is -0.497. The van der Waals surface area contributed by atoms with E-state index in [1.165, 1.54) is 0 Å². The predicted octanol–water partition coefficient (Wildman–Crippen LogP) is 2.62. The van der Waals surface area contributed by atoms with Crippen LogP contribution in [0.1, 0.15) is 5.56 Å². The Bertz CT molecular complexity index is 275. The highest BCUT2D eigenvalue weighted by Gasteiger charge is 2.05. The van der Waals surface area contributed by atoms with E-state index in [0.29, 0.717) is 5.56 Å². The zero-order valence-electron chi connectivity index (χ0n) is 5.44. The second-order valence-corrected chi connectivity index (χ2v) is 2.80. The standard InChI is InChI=1S/C7H5Cl2FO/c8-6-2-5(10)1-4(3-11)7(6)9/h1-2,11H,3H2. The van der Waals surface area contributed by atoms with Crippen molar-refractivity contribution >= 4 is 23.2 Å². The first-order chi connectivity index (χ1) is 5.15. The summed E-state index contributed by atoms with van der Waals surface area (Å²) in [6.07, 6.45) is 0. The van der Waals surface area contributed by atoms with Crippen LogP contribution >= 0.6 is 23.2 Å². The third-order valence-corrected chi connectivity index (χ3v) is 2.08. The lowest BCUT2D eigenvalue weighted by Crippen LogP contribution is -1.87. The van der Waals surface area contributed by atoms with E-state index in [1.54, 1.807) is 0 Å². The fourth-order valence-electron chi connectivity index (χ4n) is 0.724. The largest absolute Gasteiger partial charge is 0.392 e. The molecule has 0 aliphatic rings. The van der Waals surface area contributed by atoms with Crippen molar-refractivity contribution in [2.75, 3.05) is 0 Å². The normalized spacial score (nSPS) is 10.2. The van der Waals surface area contributed by atoms with Crippen LogP contribution in [0, 0.1) is 5.82 Å². The Morgan fingerprint density at radius 3 is 2.55 bits per heavy atom. The van der Waals surface area contributed by atoms with Crippen LogP contribution in [0.3, 0.4) is 0 Å². The van der Waals surface area contributed by atoms with E-state index >= 15 is 0 Å². The lowest BCUT2D eigenvalue weighted by molar-refractivity contribution is 0.281. The second kappa shape index (κ2) is 3.39. The van der Waals surface area contributed by atoms with Crippen molar-refractivity contribution in [2.24, 2.45) is 0 Å². The molecule has 0 aromatic heterocycles. The van der Waals surface area contributed by atoms with E-state index < -0.39 is 5.82 Å². The molecule has 0 atom stereocenters. The van der Waals surface area contributed by atoms with Gasteiger partial charge in [-0.05, 0) is 12.1 Å². The van der Waals surface area contributed by atoms with Crippen molar-refractivity contribution in [1.82, 2.24) is 0 Å². The van der Waals surface area contributed by atoms with Gasteiger partial charge in [-0.1, -0.05) is 23.2 Å². The Morgan fingerprint density at radius 2 is 2.00 bits per heavy atom. The number of benzene rings is 1. The minimum absolute atomic E-state index is 0.121. The molecule has 1 rings (SSSR count). The van der Waals surface area contributed by atoms with Crippen LogP contribution in [0.2, 0.25) is 10.0 Å². The van der Waals surface area contributed by atoms with Gasteiger partial charge in [0.15, 0.2) is 0 Å². The lowest BCUT2D eigenvalue weighted by Gasteiger charge is -2.01. The Balaban J connectivity index is 3.24. The highest BCUT2D eigenvalue weighted by Crippen LogP contribution is 2.26. The first-order valence-electron chi connectivity index (χ1n) is 2.89. The molecule has 0 aliphatic carbocycles. The first kappa shape index (κ1) is 8.78. The van der Waals surface area contributed by atoms with Crippen molar-refractivity contribution in [1.29, 1.82) is 0 Å². The average molecular weight is 195 g/mol. The topological polar surface area (TPSA) is 20.2 Å². The lowest BCUT2D eigenvalue weighted by atomic mass is 10.2. The minimum atomic E-state index is -0.497. The summed E-state index contributed by atoms with van der Waals surface area (Å²) in [6, 6.07) is 2.25. The third kappa shape index (κ3) is 1.83. The van der Waals surface area contributed by atoms with Crippen LogP contribution in [0.4, 0.5) is 4.39 Å². The molecule has 1 N–H and O–H groups in total. The Hall–Kier alpha value is -0.310. The van der Waals surface area contributed by atoms with E-state index in [4.69, 9.17) is 28.3 Å². The first-order valence-corrected chi connectivity index (χ1v) is 3.65. The van der Waals surface area contributed by atoms with E-state index in [-0.39, 0.29) is 16.7 Å². The predicted molar refractivity (Wildman–Crippen MR) is 42.3 cm³/mol. The number of aliphatic hydroxyl groups excluding tert-OH is 1. The highest BCUT2D eigenvalue weighted by molar-refractivity contribution is 6.42. The van der Waals surface area contributed by atoms with Gasteiger partial charge in [0.25, 0.3) is 0 Å². The summed E-state index contributed by atoms with van der Waals surface area (Å²) in [7, 11) is 0. The van der Waals surface area contributed by atoms with Crippen molar-refractivity contribution < 1.29 is 9.50 Å². The molecule has 0 aliphatic heterocycles. The van der Waals surface area contributed by atoms with Crippen LogP contribution in [-0.4, -0.2) is 5.11 Å². The molecular formula is C7H5Cl2FO. The molecule has 4 heteroatoms. The van der Waals surface area contributed by atoms with Crippen LogP contribution < -0.4 is 0 Å². The fraction of sp³-hybridized carbons (Fsp3) is 0.143. The van der Waals surface area contributed by atoms with Crippen LogP contribution in [0.25, 0.3) is 0 Å². The van der Waals surface area contributed by atoms with E-state index in [0.717, 1.165) is 12.1 Å². The van der Waals surface area contributed by atoms with E-state index in [9.17, 15) is 4.39 Å². The van der Waals surface area contributed by atoms with Crippen LogP contribution in [0.5, 0.6) is 0 Å². The molecular weight excluding hydrogens is 190 g/mol. The molecule has 0 heterocycles. The summed E-state index contributed by atoms with van der Waals surface area (Å²) < 4.78 is 12.5. The third-order valence-electron chi connectivity index (χ3n) is 1.24. The minimum Gasteiger partial charge on any atom is -0.392 e. The van der Waals surface area contributed by atoms with Gasteiger partial charge in [0, 0.05) is 5.56 Å². The molecule has 0 amide bonds. The van der Waals surface area contributed by atoms with Gasteiger partial charge in [0.1, 0.15) is 5.82 Å². The maximum absolute atomic E-state index is 12.5. The number of hydrogen-bond acceptors (Lipinski definition) is 1. The second-order valence-electron chi connectivity index (χ2n) is 2.02. The van der Waals surface area contributed by atoms with Crippen LogP contribution in [-0.2, 0) is 6.61 Å². The summed E-state index contributed by atoms with van der Waals surface area (Å²) in [5.41, 5.74) is 0.302. The van der Waals surface area contributed by atoms with Crippen molar-refractivity contribution in [3.8, 4) is 0 Å². The van der Waals surface area contributed by atoms with Gasteiger partial charge in [-0.3, -0.25) is 0 Å². The molecule has 60 valence electrons. The summed E-state index contributed by atoms with van der Waals surface area (Å²) in [6.45, 7) is -0.309. The molecule has 0 unspecified atom stereocenters. The zero-order valence-corrected chi connectivity index (χ0v) is 6.95. The van der Waals surface area contributed by atoms with Crippen molar-refractivity contribution in [3.63, 3.8) is 0 Å². The molecule has 11 heavy (non-hydrogen) atoms. The molecule has 0 fully saturated rings. The number of halogens is 3. The Morgan fingerprint density at radius 1 is 1.36 bits per heavy atom. The summed E-state index contributed by atoms with van der Waals surface area (Å²) in [5, 5.41) is 8.98. The molecule has 0 saturated heterocycles. The van der Waals surface area contributed by atoms with Crippen molar-refractivity contribution in [2.45, 2.75) is 6.61 Å². The fourth-order valence-corrected chi connectivity index (χ4v) is 1.12. The molecule has 0 spiro atoms. The molecule has 0 radical (unpaired) electrons. The smallest absolute Gasteiger partial charge is 0.125 e. The maximum Gasteiger partial charge on any atom is 0.125 e. The maximum atomic E-state index is 12.5. The van der Waals surface area contributed by atoms with Gasteiger partial charge in [0.2, 0.25) is 0 Å². The van der Waals surface area contributed by atoms with E-state index in [1.807, 2.05) is 0 Å². The van der Waals surface area contributed by atoms with Gasteiger partial charge in [-0.2, -0.15) is 0 Å². The molecule has 0 bridgehead atoms. The SMILES string of the molecule is OCc1cc(F)cc(Cl)c1Cl. The Labute approximate surface area is 73.4 Å². The zero-order chi connectivity index (χ0) is 8.43. The highest BCUT2D eigenvalue weighted by atomic mass is 35.5. The molecule has 1 aromatic carbocycles. The number of hydrogen-bond donors (Lipinski definition) is 1. The molecule has 0 saturated carbocycles. The summed E-state index contributed by atoms with van der Waals surface area (Å²) in [4.78, 5) is 0. The quantitative estimate of drug-likeness (QED) is 0.682. The molecule has 1 aromatic rings. The van der Waals surface area contributed by atoms with Gasteiger partial charge < -0.3 is 5.11 Å². The average Bonchev–Trinajstić information content (AvgIpc) is 1.96. The molecule has 1 nitrogen and oxygen atoms in total. The van der Waals surface area contributed by atoms with Gasteiger partial charge in [0.05, 0.1) is 16.7 Å². The van der Waals surface area contributed by atoms with Gasteiger partial charge in [-0.15, -0.1) is 0 Å². The van der Waals surface area contributed by atoms with E-state index in [2.05, 4.69) is 0 Å². The van der Waals surface area contributed by atoms with Crippen LogP contribution in [0.15, 0.2) is 12.1 Å². The Kier molecular flexibility index (Phi) is 2.71. The van der Waals surface area contributed by atoms with Crippen molar-refractivity contribution in [3.05, 3.63) is 33.6 Å². The van der Waals surface area contributed by atoms with Gasteiger partial charge >= 0.3 is 0 Å².